The standard InChI is InChI=1S/C10H14N4/c1-3-14(8-9(2)7-11)10-5-4-6-12-13-10/h4-6,9H,3,8H2,1-2H3. The highest BCUT2D eigenvalue weighted by Gasteiger charge is 2.09. The van der Waals surface area contributed by atoms with Crippen molar-refractivity contribution in [3.05, 3.63) is 18.3 Å². The van der Waals surface area contributed by atoms with Gasteiger partial charge in [0.15, 0.2) is 5.82 Å². The van der Waals surface area contributed by atoms with Crippen LogP contribution in [0.2, 0.25) is 0 Å². The first-order valence-corrected chi connectivity index (χ1v) is 4.70. The van der Waals surface area contributed by atoms with Gasteiger partial charge >= 0.3 is 0 Å². The molecule has 0 aliphatic heterocycles. The monoisotopic (exact) mass is 190 g/mol. The van der Waals surface area contributed by atoms with Crippen molar-refractivity contribution in [1.29, 1.82) is 5.26 Å². The minimum Gasteiger partial charge on any atom is -0.354 e. The van der Waals surface area contributed by atoms with Crippen molar-refractivity contribution in [3.63, 3.8) is 0 Å². The maximum Gasteiger partial charge on any atom is 0.151 e. The van der Waals surface area contributed by atoms with Crippen LogP contribution in [0.3, 0.4) is 0 Å². The molecule has 0 radical (unpaired) electrons. The van der Waals surface area contributed by atoms with E-state index in [2.05, 4.69) is 16.3 Å². The van der Waals surface area contributed by atoms with E-state index >= 15 is 0 Å². The van der Waals surface area contributed by atoms with E-state index in [1.807, 2.05) is 30.9 Å². The van der Waals surface area contributed by atoms with Crippen LogP contribution in [0.4, 0.5) is 5.82 Å². The fourth-order valence-corrected chi connectivity index (χ4v) is 1.22. The topological polar surface area (TPSA) is 52.8 Å². The third-order valence-electron chi connectivity index (χ3n) is 1.98. The van der Waals surface area contributed by atoms with Gasteiger partial charge < -0.3 is 4.90 Å². The molecule has 1 aromatic rings. The van der Waals surface area contributed by atoms with Crippen LogP contribution < -0.4 is 4.90 Å². The summed E-state index contributed by atoms with van der Waals surface area (Å²) in [7, 11) is 0. The lowest BCUT2D eigenvalue weighted by Crippen LogP contribution is -2.28. The van der Waals surface area contributed by atoms with Gasteiger partial charge in [-0.15, -0.1) is 5.10 Å². The second-order valence-corrected chi connectivity index (χ2v) is 3.15. The quantitative estimate of drug-likeness (QED) is 0.721. The van der Waals surface area contributed by atoms with Crippen LogP contribution in [0.25, 0.3) is 0 Å². The highest BCUT2D eigenvalue weighted by Crippen LogP contribution is 2.09. The predicted molar refractivity (Wildman–Crippen MR) is 54.7 cm³/mol. The molecule has 74 valence electrons. The number of hydrogen-bond acceptors (Lipinski definition) is 4. The smallest absolute Gasteiger partial charge is 0.151 e. The lowest BCUT2D eigenvalue weighted by Gasteiger charge is -2.21. The van der Waals surface area contributed by atoms with E-state index in [0.717, 1.165) is 12.4 Å². The molecule has 0 amide bonds. The molecule has 0 saturated heterocycles. The van der Waals surface area contributed by atoms with Crippen molar-refractivity contribution in [2.24, 2.45) is 5.92 Å². The lowest BCUT2D eigenvalue weighted by molar-refractivity contribution is 0.675. The van der Waals surface area contributed by atoms with E-state index in [-0.39, 0.29) is 5.92 Å². The van der Waals surface area contributed by atoms with E-state index in [0.29, 0.717) is 6.54 Å². The van der Waals surface area contributed by atoms with Crippen LogP contribution >= 0.6 is 0 Å². The SMILES string of the molecule is CCN(CC(C)C#N)c1cccnn1. The summed E-state index contributed by atoms with van der Waals surface area (Å²) < 4.78 is 0. The Balaban J connectivity index is 2.69. The van der Waals surface area contributed by atoms with Gasteiger partial charge in [-0.3, -0.25) is 0 Å². The second-order valence-electron chi connectivity index (χ2n) is 3.15. The average molecular weight is 190 g/mol. The number of hydrogen-bond donors (Lipinski definition) is 0. The van der Waals surface area contributed by atoms with Crippen LogP contribution in [0.5, 0.6) is 0 Å². The molecule has 1 unspecified atom stereocenters. The largest absolute Gasteiger partial charge is 0.354 e. The third-order valence-corrected chi connectivity index (χ3v) is 1.98. The molecular formula is C10H14N4. The average Bonchev–Trinajstić information content (AvgIpc) is 2.26. The van der Waals surface area contributed by atoms with Crippen molar-refractivity contribution >= 4 is 5.82 Å². The summed E-state index contributed by atoms with van der Waals surface area (Å²) in [5.41, 5.74) is 0. The third kappa shape index (κ3) is 2.70. The van der Waals surface area contributed by atoms with E-state index in [9.17, 15) is 0 Å². The zero-order valence-corrected chi connectivity index (χ0v) is 8.51. The number of nitrogens with zero attached hydrogens (tertiary/aromatic N) is 4. The molecule has 14 heavy (non-hydrogen) atoms. The zero-order chi connectivity index (χ0) is 10.4. The lowest BCUT2D eigenvalue weighted by atomic mass is 10.2. The molecule has 4 nitrogen and oxygen atoms in total. The first-order chi connectivity index (χ1) is 6.77. The molecule has 0 N–H and O–H groups in total. The van der Waals surface area contributed by atoms with Crippen molar-refractivity contribution in [2.45, 2.75) is 13.8 Å². The fourth-order valence-electron chi connectivity index (χ4n) is 1.22. The normalized spacial score (nSPS) is 11.8. The molecule has 0 aromatic carbocycles. The molecule has 1 heterocycles. The minimum atomic E-state index is 0.0111. The molecule has 0 spiro atoms. The fraction of sp³-hybridized carbons (Fsp3) is 0.500. The van der Waals surface area contributed by atoms with E-state index in [1.54, 1.807) is 6.20 Å². The second kappa shape index (κ2) is 5.18. The Morgan fingerprint density at radius 2 is 2.43 bits per heavy atom. The Kier molecular flexibility index (Phi) is 3.86. The van der Waals surface area contributed by atoms with Gasteiger partial charge in [-0.2, -0.15) is 10.4 Å². The number of nitriles is 1. The molecule has 0 fully saturated rings. The summed E-state index contributed by atoms with van der Waals surface area (Å²) in [5, 5.41) is 16.5. The van der Waals surface area contributed by atoms with Crippen molar-refractivity contribution in [1.82, 2.24) is 10.2 Å². The maximum absolute atomic E-state index is 8.71. The van der Waals surface area contributed by atoms with E-state index < -0.39 is 0 Å². The number of rotatable bonds is 4. The maximum atomic E-state index is 8.71. The Hall–Kier alpha value is -1.63. The Morgan fingerprint density at radius 3 is 2.93 bits per heavy atom. The molecule has 4 heteroatoms. The van der Waals surface area contributed by atoms with Gasteiger partial charge in [0.25, 0.3) is 0 Å². The zero-order valence-electron chi connectivity index (χ0n) is 8.51. The minimum absolute atomic E-state index is 0.0111. The van der Waals surface area contributed by atoms with Crippen molar-refractivity contribution < 1.29 is 0 Å². The Bertz CT molecular complexity index is 304. The molecule has 0 saturated carbocycles. The molecular weight excluding hydrogens is 176 g/mol. The van der Waals surface area contributed by atoms with Crippen LogP contribution in [0.1, 0.15) is 13.8 Å². The van der Waals surface area contributed by atoms with Gasteiger partial charge in [-0.25, -0.2) is 0 Å². The summed E-state index contributed by atoms with van der Waals surface area (Å²) in [5.74, 6) is 0.842. The summed E-state index contributed by atoms with van der Waals surface area (Å²) in [4.78, 5) is 2.04. The summed E-state index contributed by atoms with van der Waals surface area (Å²) in [6.45, 7) is 5.48. The van der Waals surface area contributed by atoms with Crippen LogP contribution in [0, 0.1) is 17.2 Å². The first-order valence-electron chi connectivity index (χ1n) is 4.70. The van der Waals surface area contributed by atoms with Crippen LogP contribution in [0.15, 0.2) is 18.3 Å². The van der Waals surface area contributed by atoms with Gasteiger partial charge in [-0.1, -0.05) is 0 Å². The summed E-state index contributed by atoms with van der Waals surface area (Å²) >= 11 is 0. The number of anilines is 1. The van der Waals surface area contributed by atoms with Gasteiger partial charge in [0, 0.05) is 19.3 Å². The van der Waals surface area contributed by atoms with Crippen molar-refractivity contribution in [3.8, 4) is 6.07 Å². The Labute approximate surface area is 84.2 Å². The van der Waals surface area contributed by atoms with Gasteiger partial charge in [-0.05, 0) is 26.0 Å². The van der Waals surface area contributed by atoms with E-state index in [1.165, 1.54) is 0 Å². The first kappa shape index (κ1) is 10.5. The van der Waals surface area contributed by atoms with Gasteiger partial charge in [0.1, 0.15) is 0 Å². The van der Waals surface area contributed by atoms with Crippen molar-refractivity contribution in [2.75, 3.05) is 18.0 Å². The van der Waals surface area contributed by atoms with Gasteiger partial charge in [0.2, 0.25) is 0 Å². The molecule has 1 aromatic heterocycles. The molecule has 0 bridgehead atoms. The van der Waals surface area contributed by atoms with Crippen LogP contribution in [-0.2, 0) is 0 Å². The highest BCUT2D eigenvalue weighted by atomic mass is 15.2. The highest BCUT2D eigenvalue weighted by molar-refractivity contribution is 5.36. The van der Waals surface area contributed by atoms with Gasteiger partial charge in [0.05, 0.1) is 12.0 Å². The number of aromatic nitrogens is 2. The molecule has 1 atom stereocenters. The molecule has 0 aliphatic rings. The van der Waals surface area contributed by atoms with E-state index in [4.69, 9.17) is 5.26 Å². The predicted octanol–water partition coefficient (Wildman–Crippen LogP) is 1.46. The Morgan fingerprint density at radius 1 is 1.64 bits per heavy atom. The molecule has 1 rings (SSSR count). The summed E-state index contributed by atoms with van der Waals surface area (Å²) in [6.07, 6.45) is 1.64. The summed E-state index contributed by atoms with van der Waals surface area (Å²) in [6, 6.07) is 5.96. The molecule has 0 aliphatic carbocycles. The van der Waals surface area contributed by atoms with Crippen LogP contribution in [-0.4, -0.2) is 23.3 Å².